The first kappa shape index (κ1) is 12.6. The van der Waals surface area contributed by atoms with E-state index in [-0.39, 0.29) is 0 Å². The first-order valence-corrected chi connectivity index (χ1v) is 7.21. The molecule has 4 nitrogen and oxygen atoms in total. The van der Waals surface area contributed by atoms with Crippen molar-refractivity contribution in [2.24, 2.45) is 0 Å². The second-order valence-corrected chi connectivity index (χ2v) is 5.28. The highest BCUT2D eigenvalue weighted by molar-refractivity contribution is 5.71. The lowest BCUT2D eigenvalue weighted by Crippen LogP contribution is -2.10. The van der Waals surface area contributed by atoms with Crippen LogP contribution in [0.25, 0.3) is 11.2 Å². The van der Waals surface area contributed by atoms with Crippen LogP contribution in [-0.2, 0) is 11.2 Å². The molecule has 102 valence electrons. The quantitative estimate of drug-likeness (QED) is 0.774. The SMILES string of the molecule is COCCCc1nc2cccnc2n1C1CCCC1. The maximum Gasteiger partial charge on any atom is 0.160 e. The van der Waals surface area contributed by atoms with E-state index in [9.17, 15) is 0 Å². The van der Waals surface area contributed by atoms with Gasteiger partial charge in [-0.25, -0.2) is 9.97 Å². The van der Waals surface area contributed by atoms with Gasteiger partial charge in [-0.2, -0.15) is 0 Å². The van der Waals surface area contributed by atoms with Gasteiger partial charge in [0.25, 0.3) is 0 Å². The number of nitrogens with zero attached hydrogens (tertiary/aromatic N) is 3. The van der Waals surface area contributed by atoms with Crippen molar-refractivity contribution in [3.63, 3.8) is 0 Å². The average molecular weight is 259 g/mol. The second kappa shape index (κ2) is 5.70. The molecule has 0 unspecified atom stereocenters. The predicted molar refractivity (Wildman–Crippen MR) is 75.2 cm³/mol. The van der Waals surface area contributed by atoms with Gasteiger partial charge in [-0.1, -0.05) is 12.8 Å². The number of hydrogen-bond donors (Lipinski definition) is 0. The van der Waals surface area contributed by atoms with Gasteiger partial charge in [0.1, 0.15) is 11.3 Å². The van der Waals surface area contributed by atoms with Crippen LogP contribution in [-0.4, -0.2) is 28.3 Å². The van der Waals surface area contributed by atoms with Gasteiger partial charge in [-0.15, -0.1) is 0 Å². The number of fused-ring (bicyclic) bond motifs is 1. The Hall–Kier alpha value is -1.42. The van der Waals surface area contributed by atoms with Crippen LogP contribution in [0.1, 0.15) is 44.0 Å². The molecule has 2 heterocycles. The molecule has 0 bridgehead atoms. The van der Waals surface area contributed by atoms with Gasteiger partial charge >= 0.3 is 0 Å². The van der Waals surface area contributed by atoms with Crippen LogP contribution in [0.4, 0.5) is 0 Å². The van der Waals surface area contributed by atoms with Gasteiger partial charge in [-0.3, -0.25) is 0 Å². The number of aromatic nitrogens is 3. The monoisotopic (exact) mass is 259 g/mol. The van der Waals surface area contributed by atoms with Crippen molar-refractivity contribution >= 4 is 11.2 Å². The highest BCUT2D eigenvalue weighted by Crippen LogP contribution is 2.33. The molecule has 19 heavy (non-hydrogen) atoms. The van der Waals surface area contributed by atoms with Crippen LogP contribution in [0.2, 0.25) is 0 Å². The smallest absolute Gasteiger partial charge is 0.160 e. The third-order valence-electron chi connectivity index (χ3n) is 3.96. The molecule has 0 amide bonds. The Morgan fingerprint density at radius 3 is 3.00 bits per heavy atom. The summed E-state index contributed by atoms with van der Waals surface area (Å²) in [5, 5.41) is 0. The van der Waals surface area contributed by atoms with Gasteiger partial charge < -0.3 is 9.30 Å². The Morgan fingerprint density at radius 1 is 1.37 bits per heavy atom. The number of imidazole rings is 1. The first-order valence-electron chi connectivity index (χ1n) is 7.21. The molecule has 0 aromatic carbocycles. The highest BCUT2D eigenvalue weighted by atomic mass is 16.5. The van der Waals surface area contributed by atoms with Gasteiger partial charge in [0, 0.05) is 32.4 Å². The molecule has 2 aromatic rings. The summed E-state index contributed by atoms with van der Waals surface area (Å²) in [7, 11) is 1.75. The van der Waals surface area contributed by atoms with E-state index >= 15 is 0 Å². The Bertz CT molecular complexity index is 543. The normalized spacial score (nSPS) is 16.5. The van der Waals surface area contributed by atoms with Crippen LogP contribution < -0.4 is 0 Å². The van der Waals surface area contributed by atoms with E-state index < -0.39 is 0 Å². The Morgan fingerprint density at radius 2 is 2.21 bits per heavy atom. The zero-order valence-corrected chi connectivity index (χ0v) is 11.5. The lowest BCUT2D eigenvalue weighted by molar-refractivity contribution is 0.194. The molecule has 3 rings (SSSR count). The summed E-state index contributed by atoms with van der Waals surface area (Å²) in [5.41, 5.74) is 2.09. The average Bonchev–Trinajstić information content (AvgIpc) is 3.04. The third-order valence-corrected chi connectivity index (χ3v) is 3.96. The number of hydrogen-bond acceptors (Lipinski definition) is 3. The lowest BCUT2D eigenvalue weighted by atomic mass is 10.2. The lowest BCUT2D eigenvalue weighted by Gasteiger charge is -2.15. The van der Waals surface area contributed by atoms with E-state index in [2.05, 4.69) is 15.6 Å². The van der Waals surface area contributed by atoms with Gasteiger partial charge in [-0.05, 0) is 31.4 Å². The molecule has 0 aliphatic heterocycles. The minimum atomic E-state index is 0.595. The molecule has 0 atom stereocenters. The Balaban J connectivity index is 1.96. The van der Waals surface area contributed by atoms with E-state index in [1.54, 1.807) is 7.11 Å². The van der Waals surface area contributed by atoms with Crippen molar-refractivity contribution in [2.45, 2.75) is 44.6 Å². The highest BCUT2D eigenvalue weighted by Gasteiger charge is 2.22. The fourth-order valence-corrected chi connectivity index (χ4v) is 3.07. The van der Waals surface area contributed by atoms with E-state index in [4.69, 9.17) is 9.72 Å². The van der Waals surface area contributed by atoms with Crippen molar-refractivity contribution in [1.82, 2.24) is 14.5 Å². The predicted octanol–water partition coefficient (Wildman–Crippen LogP) is 3.13. The molecule has 0 N–H and O–H groups in total. The van der Waals surface area contributed by atoms with Crippen LogP contribution in [0.15, 0.2) is 18.3 Å². The first-order chi connectivity index (χ1) is 9.40. The number of methoxy groups -OCH3 is 1. The zero-order valence-electron chi connectivity index (χ0n) is 11.5. The molecule has 1 fully saturated rings. The van der Waals surface area contributed by atoms with Crippen molar-refractivity contribution in [3.8, 4) is 0 Å². The minimum Gasteiger partial charge on any atom is -0.385 e. The summed E-state index contributed by atoms with van der Waals surface area (Å²) < 4.78 is 7.54. The van der Waals surface area contributed by atoms with E-state index in [0.717, 1.165) is 30.6 Å². The molecule has 4 heteroatoms. The number of pyridine rings is 1. The van der Waals surface area contributed by atoms with Crippen molar-refractivity contribution in [2.75, 3.05) is 13.7 Å². The minimum absolute atomic E-state index is 0.595. The molecular formula is C15H21N3O. The molecule has 1 aliphatic carbocycles. The summed E-state index contributed by atoms with van der Waals surface area (Å²) in [6.45, 7) is 0.793. The third kappa shape index (κ3) is 2.50. The maximum atomic E-state index is 5.15. The Labute approximate surface area is 113 Å². The fraction of sp³-hybridized carbons (Fsp3) is 0.600. The van der Waals surface area contributed by atoms with E-state index in [0.29, 0.717) is 6.04 Å². The van der Waals surface area contributed by atoms with Crippen molar-refractivity contribution < 1.29 is 4.74 Å². The largest absolute Gasteiger partial charge is 0.385 e. The Kier molecular flexibility index (Phi) is 3.78. The summed E-state index contributed by atoms with van der Waals surface area (Å²) in [5.74, 6) is 1.18. The fourth-order valence-electron chi connectivity index (χ4n) is 3.07. The van der Waals surface area contributed by atoms with Crippen LogP contribution >= 0.6 is 0 Å². The topological polar surface area (TPSA) is 39.9 Å². The van der Waals surface area contributed by atoms with E-state index in [1.165, 1.54) is 31.5 Å². The van der Waals surface area contributed by atoms with E-state index in [1.807, 2.05) is 12.3 Å². The van der Waals surface area contributed by atoms with Crippen LogP contribution in [0.3, 0.4) is 0 Å². The summed E-state index contributed by atoms with van der Waals surface area (Å²) >= 11 is 0. The molecular weight excluding hydrogens is 238 g/mol. The number of aryl methyl sites for hydroxylation is 1. The van der Waals surface area contributed by atoms with Gasteiger partial charge in [0.15, 0.2) is 5.65 Å². The molecule has 1 saturated carbocycles. The molecule has 1 aliphatic rings. The second-order valence-electron chi connectivity index (χ2n) is 5.28. The number of ether oxygens (including phenoxy) is 1. The molecule has 2 aromatic heterocycles. The summed E-state index contributed by atoms with van der Waals surface area (Å²) in [6.07, 6.45) is 9.05. The van der Waals surface area contributed by atoms with Crippen molar-refractivity contribution in [3.05, 3.63) is 24.2 Å². The van der Waals surface area contributed by atoms with Gasteiger partial charge in [0.05, 0.1) is 0 Å². The van der Waals surface area contributed by atoms with Crippen LogP contribution in [0, 0.1) is 0 Å². The van der Waals surface area contributed by atoms with Crippen LogP contribution in [0.5, 0.6) is 0 Å². The zero-order chi connectivity index (χ0) is 13.1. The summed E-state index contributed by atoms with van der Waals surface area (Å²) in [4.78, 5) is 9.32. The maximum absolute atomic E-state index is 5.15. The summed E-state index contributed by atoms with van der Waals surface area (Å²) in [6, 6.07) is 4.62. The standard InChI is InChI=1S/C15H21N3O/c1-19-11-5-9-14-17-13-8-4-10-16-15(13)18(14)12-6-2-3-7-12/h4,8,10,12H,2-3,5-7,9,11H2,1H3. The number of rotatable bonds is 5. The van der Waals surface area contributed by atoms with Gasteiger partial charge in [0.2, 0.25) is 0 Å². The molecule has 0 radical (unpaired) electrons. The molecule has 0 saturated heterocycles. The molecule has 0 spiro atoms. The van der Waals surface area contributed by atoms with Crippen molar-refractivity contribution in [1.29, 1.82) is 0 Å².